The van der Waals surface area contributed by atoms with Crippen molar-refractivity contribution in [3.63, 3.8) is 0 Å². The van der Waals surface area contributed by atoms with Gasteiger partial charge >= 0.3 is 12.1 Å². The lowest BCUT2D eigenvalue weighted by Gasteiger charge is -2.12. The smallest absolute Gasteiger partial charge is 0.417 e. The molecule has 0 radical (unpaired) electrons. The van der Waals surface area contributed by atoms with Crippen LogP contribution in [0.2, 0.25) is 5.02 Å². The Balaban J connectivity index is 1.82. The molecule has 0 saturated carbocycles. The number of hydrogen-bond acceptors (Lipinski definition) is 3. The molecule has 0 unspecified atom stereocenters. The zero-order valence-corrected chi connectivity index (χ0v) is 14.2. The van der Waals surface area contributed by atoms with E-state index in [4.69, 9.17) is 16.3 Å². The summed E-state index contributed by atoms with van der Waals surface area (Å²) in [6.45, 7) is -0.586. The molecule has 2 rings (SSSR count). The summed E-state index contributed by atoms with van der Waals surface area (Å²) in [6.07, 6.45) is -4.08. The predicted molar refractivity (Wildman–Crippen MR) is 90.8 cm³/mol. The largest absolute Gasteiger partial charge is 0.456 e. The van der Waals surface area contributed by atoms with E-state index in [-0.39, 0.29) is 12.1 Å². The molecule has 0 saturated heterocycles. The van der Waals surface area contributed by atoms with Crippen molar-refractivity contribution >= 4 is 29.2 Å². The minimum Gasteiger partial charge on any atom is -0.456 e. The molecule has 26 heavy (non-hydrogen) atoms. The van der Waals surface area contributed by atoms with E-state index in [0.29, 0.717) is 6.42 Å². The highest BCUT2D eigenvalue weighted by Gasteiger charge is 2.33. The molecule has 0 fully saturated rings. The Morgan fingerprint density at radius 3 is 2.42 bits per heavy atom. The fourth-order valence-corrected chi connectivity index (χ4v) is 2.35. The number of alkyl halides is 3. The van der Waals surface area contributed by atoms with Crippen LogP contribution in [0.4, 0.5) is 18.9 Å². The van der Waals surface area contributed by atoms with Crippen molar-refractivity contribution in [2.24, 2.45) is 0 Å². The topological polar surface area (TPSA) is 55.4 Å². The summed E-state index contributed by atoms with van der Waals surface area (Å²) in [6, 6.07) is 12.2. The standard InChI is InChI=1S/C18H15ClF3NO3/c19-15-8-7-13(10-14(15)18(20,21)22)23-16(24)11-26-17(25)9-6-12-4-2-1-3-5-12/h1-5,7-8,10H,6,9,11H2,(H,23,24). The van der Waals surface area contributed by atoms with Gasteiger partial charge in [0.15, 0.2) is 6.61 Å². The van der Waals surface area contributed by atoms with E-state index in [1.807, 2.05) is 30.3 Å². The number of carbonyl (C=O) groups excluding carboxylic acids is 2. The average molecular weight is 386 g/mol. The summed E-state index contributed by atoms with van der Waals surface area (Å²) in [7, 11) is 0. The van der Waals surface area contributed by atoms with E-state index >= 15 is 0 Å². The Morgan fingerprint density at radius 1 is 1.08 bits per heavy atom. The maximum Gasteiger partial charge on any atom is 0.417 e. The van der Waals surface area contributed by atoms with E-state index in [1.165, 1.54) is 6.07 Å². The number of halogens is 4. The second-order valence-corrected chi connectivity index (χ2v) is 5.79. The van der Waals surface area contributed by atoms with Gasteiger partial charge in [0.1, 0.15) is 0 Å². The van der Waals surface area contributed by atoms with Gasteiger partial charge in [-0.05, 0) is 30.2 Å². The molecule has 2 aromatic rings. The molecular formula is C18H15ClF3NO3. The molecule has 0 atom stereocenters. The van der Waals surface area contributed by atoms with Crippen LogP contribution in [0.25, 0.3) is 0 Å². The maximum atomic E-state index is 12.8. The Hall–Kier alpha value is -2.54. The molecule has 0 bridgehead atoms. The summed E-state index contributed by atoms with van der Waals surface area (Å²) in [5.41, 5.74) is -0.196. The second-order valence-electron chi connectivity index (χ2n) is 5.39. The van der Waals surface area contributed by atoms with E-state index < -0.39 is 35.2 Å². The third kappa shape index (κ3) is 6.07. The molecule has 0 heterocycles. The van der Waals surface area contributed by atoms with E-state index in [9.17, 15) is 22.8 Å². The van der Waals surface area contributed by atoms with Crippen LogP contribution in [-0.4, -0.2) is 18.5 Å². The van der Waals surface area contributed by atoms with Gasteiger partial charge in [0.2, 0.25) is 0 Å². The molecule has 0 aliphatic carbocycles. The van der Waals surface area contributed by atoms with E-state index in [2.05, 4.69) is 5.32 Å². The molecule has 0 aromatic heterocycles. The SMILES string of the molecule is O=C(COC(=O)CCc1ccccc1)Nc1ccc(Cl)c(C(F)(F)F)c1. The predicted octanol–water partition coefficient (Wildman–Crippen LogP) is 4.47. The van der Waals surface area contributed by atoms with Gasteiger partial charge < -0.3 is 10.1 Å². The number of ether oxygens (including phenoxy) is 1. The van der Waals surface area contributed by atoms with Crippen LogP contribution in [0, 0.1) is 0 Å². The lowest BCUT2D eigenvalue weighted by atomic mass is 10.1. The highest BCUT2D eigenvalue weighted by atomic mass is 35.5. The molecule has 1 amide bonds. The van der Waals surface area contributed by atoms with Crippen LogP contribution in [0.3, 0.4) is 0 Å². The van der Waals surface area contributed by atoms with Crippen LogP contribution in [-0.2, 0) is 26.9 Å². The minimum absolute atomic E-state index is 0.0907. The van der Waals surface area contributed by atoms with Crippen LogP contribution in [0.15, 0.2) is 48.5 Å². The first-order chi connectivity index (χ1) is 12.3. The first-order valence-electron chi connectivity index (χ1n) is 7.62. The molecule has 138 valence electrons. The van der Waals surface area contributed by atoms with Gasteiger partial charge in [-0.1, -0.05) is 41.9 Å². The highest BCUT2D eigenvalue weighted by molar-refractivity contribution is 6.31. The van der Waals surface area contributed by atoms with Crippen molar-refractivity contribution < 1.29 is 27.5 Å². The molecule has 0 aliphatic rings. The van der Waals surface area contributed by atoms with Crippen molar-refractivity contribution in [2.45, 2.75) is 19.0 Å². The van der Waals surface area contributed by atoms with Gasteiger partial charge in [-0.2, -0.15) is 13.2 Å². The molecule has 4 nitrogen and oxygen atoms in total. The van der Waals surface area contributed by atoms with Crippen LogP contribution >= 0.6 is 11.6 Å². The summed E-state index contributed by atoms with van der Waals surface area (Å²) >= 11 is 5.50. The minimum atomic E-state index is -4.64. The number of esters is 1. The first-order valence-corrected chi connectivity index (χ1v) is 7.99. The summed E-state index contributed by atoms with van der Waals surface area (Å²) in [5.74, 6) is -1.32. The Kier molecular flexibility index (Phi) is 6.63. The van der Waals surface area contributed by atoms with Gasteiger partial charge in [-0.25, -0.2) is 0 Å². The van der Waals surface area contributed by atoms with Crippen LogP contribution < -0.4 is 5.32 Å². The molecule has 8 heteroatoms. The number of hydrogen-bond donors (Lipinski definition) is 1. The number of amides is 1. The van der Waals surface area contributed by atoms with Gasteiger partial charge in [-0.15, -0.1) is 0 Å². The number of anilines is 1. The van der Waals surface area contributed by atoms with E-state index in [0.717, 1.165) is 17.7 Å². The number of carbonyl (C=O) groups is 2. The molecule has 0 aliphatic heterocycles. The fourth-order valence-electron chi connectivity index (χ4n) is 2.13. The number of aryl methyl sites for hydroxylation is 1. The third-order valence-electron chi connectivity index (χ3n) is 3.38. The summed E-state index contributed by atoms with van der Waals surface area (Å²) < 4.78 is 43.2. The lowest BCUT2D eigenvalue weighted by molar-refractivity contribution is -0.147. The van der Waals surface area contributed by atoms with E-state index in [1.54, 1.807) is 0 Å². The molecule has 1 N–H and O–H groups in total. The summed E-state index contributed by atoms with van der Waals surface area (Å²) in [4.78, 5) is 23.4. The van der Waals surface area contributed by atoms with Gasteiger partial charge in [0.05, 0.1) is 10.6 Å². The van der Waals surface area contributed by atoms with Crippen molar-refractivity contribution in [1.29, 1.82) is 0 Å². The average Bonchev–Trinajstić information content (AvgIpc) is 2.60. The fraction of sp³-hybridized carbons (Fsp3) is 0.222. The zero-order chi connectivity index (χ0) is 19.2. The van der Waals surface area contributed by atoms with Crippen LogP contribution in [0.5, 0.6) is 0 Å². The Morgan fingerprint density at radius 2 is 1.77 bits per heavy atom. The summed E-state index contributed by atoms with van der Waals surface area (Å²) in [5, 5.41) is 1.77. The van der Waals surface area contributed by atoms with Gasteiger partial charge in [0, 0.05) is 12.1 Å². The van der Waals surface area contributed by atoms with Crippen molar-refractivity contribution in [3.05, 3.63) is 64.7 Å². The molecular weight excluding hydrogens is 371 g/mol. The monoisotopic (exact) mass is 385 g/mol. The van der Waals surface area contributed by atoms with Crippen LogP contribution in [0.1, 0.15) is 17.5 Å². The van der Waals surface area contributed by atoms with Gasteiger partial charge in [0.25, 0.3) is 5.91 Å². The highest BCUT2D eigenvalue weighted by Crippen LogP contribution is 2.36. The Labute approximate surface area is 152 Å². The maximum absolute atomic E-state index is 12.8. The van der Waals surface area contributed by atoms with Crippen molar-refractivity contribution in [3.8, 4) is 0 Å². The van der Waals surface area contributed by atoms with Crippen molar-refractivity contribution in [2.75, 3.05) is 11.9 Å². The molecule has 2 aromatic carbocycles. The molecule has 0 spiro atoms. The number of rotatable bonds is 6. The van der Waals surface area contributed by atoms with Crippen molar-refractivity contribution in [1.82, 2.24) is 0 Å². The normalized spacial score (nSPS) is 11.1. The second kappa shape index (κ2) is 8.71. The lowest BCUT2D eigenvalue weighted by Crippen LogP contribution is -2.21. The third-order valence-corrected chi connectivity index (χ3v) is 3.71. The quantitative estimate of drug-likeness (QED) is 0.746. The first kappa shape index (κ1) is 19.8. The number of benzene rings is 2. The van der Waals surface area contributed by atoms with Gasteiger partial charge in [-0.3, -0.25) is 9.59 Å². The zero-order valence-electron chi connectivity index (χ0n) is 13.5. The Bertz CT molecular complexity index is 779. The number of nitrogens with one attached hydrogen (secondary N) is 1.